The molecule has 0 fully saturated rings. The zero-order valence-corrected chi connectivity index (χ0v) is 11.2. The number of allylic oxidation sites excluding steroid dienone is 2. The molecule has 0 spiro atoms. The topological polar surface area (TPSA) is 47.3 Å². The molecule has 0 saturated carbocycles. The summed E-state index contributed by atoms with van der Waals surface area (Å²) in [5.41, 5.74) is 1.30. The summed E-state index contributed by atoms with van der Waals surface area (Å²) >= 11 is 0. The van der Waals surface area contributed by atoms with E-state index in [0.29, 0.717) is 5.76 Å². The Morgan fingerprint density at radius 2 is 1.89 bits per heavy atom. The third kappa shape index (κ3) is 2.30. The van der Waals surface area contributed by atoms with E-state index in [9.17, 15) is 9.59 Å². The van der Waals surface area contributed by atoms with Crippen molar-refractivity contribution in [1.29, 1.82) is 0 Å². The fraction of sp³-hybridized carbons (Fsp3) is 0.467. The van der Waals surface area contributed by atoms with E-state index in [1.54, 1.807) is 12.1 Å². The summed E-state index contributed by atoms with van der Waals surface area (Å²) in [7, 11) is 0. The molecule has 18 heavy (non-hydrogen) atoms. The molecule has 0 bridgehead atoms. The number of carbonyl (C=O) groups is 1. The molecule has 0 amide bonds. The normalized spacial score (nSPS) is 22.8. The molecule has 3 heteroatoms. The molecule has 1 aromatic rings. The highest BCUT2D eigenvalue weighted by Gasteiger charge is 2.40. The van der Waals surface area contributed by atoms with Gasteiger partial charge in [0.15, 0.2) is 5.78 Å². The van der Waals surface area contributed by atoms with Crippen molar-refractivity contribution < 1.29 is 9.21 Å². The third-order valence-corrected chi connectivity index (χ3v) is 3.41. The smallest absolute Gasteiger partial charge is 0.336 e. The van der Waals surface area contributed by atoms with Gasteiger partial charge in [0.1, 0.15) is 5.76 Å². The van der Waals surface area contributed by atoms with Crippen molar-refractivity contribution in [3.8, 4) is 0 Å². The zero-order chi connectivity index (χ0) is 13.5. The van der Waals surface area contributed by atoms with Gasteiger partial charge in [-0.05, 0) is 43.4 Å². The first-order valence-corrected chi connectivity index (χ1v) is 6.12. The van der Waals surface area contributed by atoms with Crippen molar-refractivity contribution in [1.82, 2.24) is 0 Å². The minimum absolute atomic E-state index is 0.0255. The number of hydrogen-bond donors (Lipinski definition) is 0. The van der Waals surface area contributed by atoms with Crippen molar-refractivity contribution in [2.45, 2.75) is 40.0 Å². The molecule has 1 aromatic heterocycles. The molecule has 1 atom stereocenters. The summed E-state index contributed by atoms with van der Waals surface area (Å²) in [6.07, 6.45) is 2.50. The Morgan fingerprint density at radius 3 is 2.44 bits per heavy atom. The maximum atomic E-state index is 12.2. The van der Waals surface area contributed by atoms with Gasteiger partial charge < -0.3 is 4.42 Å². The van der Waals surface area contributed by atoms with Crippen LogP contribution in [-0.2, 0) is 4.79 Å². The number of rotatable bonds is 1. The molecular formula is C15H18O3. The van der Waals surface area contributed by atoms with Crippen molar-refractivity contribution in [3.05, 3.63) is 45.5 Å². The fourth-order valence-corrected chi connectivity index (χ4v) is 2.88. The maximum absolute atomic E-state index is 12.2. The van der Waals surface area contributed by atoms with Crippen LogP contribution in [0.3, 0.4) is 0 Å². The molecule has 1 aliphatic rings. The molecule has 3 nitrogen and oxygen atoms in total. The van der Waals surface area contributed by atoms with Crippen molar-refractivity contribution in [2.75, 3.05) is 0 Å². The lowest BCUT2D eigenvalue weighted by atomic mass is 9.67. The van der Waals surface area contributed by atoms with Gasteiger partial charge in [-0.25, -0.2) is 4.79 Å². The van der Waals surface area contributed by atoms with Crippen LogP contribution in [0.1, 0.15) is 44.4 Å². The maximum Gasteiger partial charge on any atom is 0.336 e. The van der Waals surface area contributed by atoms with Gasteiger partial charge in [0.25, 0.3) is 0 Å². The summed E-state index contributed by atoms with van der Waals surface area (Å²) in [6, 6.07) is 3.23. The second-order valence-corrected chi connectivity index (χ2v) is 5.85. The van der Waals surface area contributed by atoms with Crippen LogP contribution in [0.5, 0.6) is 0 Å². The van der Waals surface area contributed by atoms with Crippen molar-refractivity contribution >= 4 is 5.78 Å². The van der Waals surface area contributed by atoms with Crippen LogP contribution in [0.15, 0.2) is 33.0 Å². The van der Waals surface area contributed by atoms with Gasteiger partial charge >= 0.3 is 5.63 Å². The van der Waals surface area contributed by atoms with Gasteiger partial charge in [-0.3, -0.25) is 4.79 Å². The third-order valence-electron chi connectivity index (χ3n) is 3.41. The summed E-state index contributed by atoms with van der Waals surface area (Å²) < 4.78 is 5.23. The molecule has 0 aliphatic heterocycles. The molecule has 1 aliphatic carbocycles. The first-order valence-electron chi connectivity index (χ1n) is 6.12. The van der Waals surface area contributed by atoms with Crippen LogP contribution in [-0.4, -0.2) is 5.78 Å². The molecule has 0 radical (unpaired) electrons. The molecule has 96 valence electrons. The van der Waals surface area contributed by atoms with Crippen LogP contribution in [0.25, 0.3) is 0 Å². The highest BCUT2D eigenvalue weighted by molar-refractivity contribution is 5.97. The quantitative estimate of drug-likeness (QED) is 0.765. The standard InChI is InChI=1S/C15H18O3/c1-9-6-12(18-13(17)7-9)14-11(16)5-10(2)8-15(14,3)4/h5-7,14H,8H2,1-4H3. The Balaban J connectivity index is 2.55. The van der Waals surface area contributed by atoms with E-state index in [0.717, 1.165) is 17.6 Å². The van der Waals surface area contributed by atoms with Crippen LogP contribution < -0.4 is 5.63 Å². The van der Waals surface area contributed by atoms with Gasteiger partial charge in [0.05, 0.1) is 5.92 Å². The first-order chi connectivity index (χ1) is 8.29. The fourth-order valence-electron chi connectivity index (χ4n) is 2.88. The lowest BCUT2D eigenvalue weighted by Gasteiger charge is -2.35. The predicted molar refractivity (Wildman–Crippen MR) is 69.6 cm³/mol. The molecule has 0 aromatic carbocycles. The monoisotopic (exact) mass is 246 g/mol. The Bertz CT molecular complexity index is 576. The predicted octanol–water partition coefficient (Wildman–Crippen LogP) is 2.98. The minimum Gasteiger partial charge on any atom is -0.427 e. The van der Waals surface area contributed by atoms with E-state index in [-0.39, 0.29) is 22.7 Å². The largest absolute Gasteiger partial charge is 0.427 e. The lowest BCUT2D eigenvalue weighted by molar-refractivity contribution is -0.119. The minimum atomic E-state index is -0.389. The zero-order valence-electron chi connectivity index (χ0n) is 11.2. The molecule has 0 saturated heterocycles. The molecule has 2 rings (SSSR count). The molecule has 1 unspecified atom stereocenters. The van der Waals surface area contributed by atoms with E-state index in [4.69, 9.17) is 4.42 Å². The molecule has 1 heterocycles. The Kier molecular flexibility index (Phi) is 3.01. The van der Waals surface area contributed by atoms with Crippen LogP contribution in [0.4, 0.5) is 0 Å². The molecule has 0 N–H and O–H groups in total. The van der Waals surface area contributed by atoms with E-state index in [1.165, 1.54) is 6.07 Å². The van der Waals surface area contributed by atoms with Crippen LogP contribution >= 0.6 is 0 Å². The second kappa shape index (κ2) is 4.23. The van der Waals surface area contributed by atoms with Crippen molar-refractivity contribution in [3.63, 3.8) is 0 Å². The lowest BCUT2D eigenvalue weighted by Crippen LogP contribution is -2.32. The number of hydrogen-bond acceptors (Lipinski definition) is 3. The Morgan fingerprint density at radius 1 is 1.22 bits per heavy atom. The van der Waals surface area contributed by atoms with Gasteiger partial charge in [-0.1, -0.05) is 19.4 Å². The highest BCUT2D eigenvalue weighted by Crippen LogP contribution is 2.44. The van der Waals surface area contributed by atoms with Gasteiger partial charge in [0, 0.05) is 6.07 Å². The second-order valence-electron chi connectivity index (χ2n) is 5.85. The number of carbonyl (C=O) groups excluding carboxylic acids is 1. The SMILES string of the molecule is CC1=CC(=O)C(c2cc(C)cc(=O)o2)C(C)(C)C1. The number of ketones is 1. The van der Waals surface area contributed by atoms with Crippen LogP contribution in [0.2, 0.25) is 0 Å². The van der Waals surface area contributed by atoms with E-state index >= 15 is 0 Å². The average molecular weight is 246 g/mol. The van der Waals surface area contributed by atoms with E-state index < -0.39 is 0 Å². The van der Waals surface area contributed by atoms with Gasteiger partial charge in [-0.15, -0.1) is 0 Å². The summed E-state index contributed by atoms with van der Waals surface area (Å²) in [5, 5.41) is 0. The van der Waals surface area contributed by atoms with Gasteiger partial charge in [0.2, 0.25) is 0 Å². The van der Waals surface area contributed by atoms with E-state index in [2.05, 4.69) is 0 Å². The Labute approximate surface area is 107 Å². The van der Waals surface area contributed by atoms with Crippen molar-refractivity contribution in [2.24, 2.45) is 5.41 Å². The molecular weight excluding hydrogens is 228 g/mol. The Hall–Kier alpha value is -1.64. The number of aryl methyl sites for hydroxylation is 1. The first kappa shape index (κ1) is 12.8. The summed E-state index contributed by atoms with van der Waals surface area (Å²) in [6.45, 7) is 7.87. The highest BCUT2D eigenvalue weighted by atomic mass is 16.4. The summed E-state index contributed by atoms with van der Waals surface area (Å²) in [4.78, 5) is 23.6. The van der Waals surface area contributed by atoms with E-state index in [1.807, 2.05) is 27.7 Å². The average Bonchev–Trinajstić information content (AvgIpc) is 2.11. The van der Waals surface area contributed by atoms with Gasteiger partial charge in [-0.2, -0.15) is 0 Å². The summed E-state index contributed by atoms with van der Waals surface area (Å²) in [5.74, 6) is 0.144. The van der Waals surface area contributed by atoms with Crippen LogP contribution in [0, 0.1) is 12.3 Å².